The first-order chi connectivity index (χ1) is 11.2. The molecule has 0 aliphatic carbocycles. The number of benzene rings is 1. The van der Waals surface area contributed by atoms with Gasteiger partial charge in [0.15, 0.2) is 0 Å². The van der Waals surface area contributed by atoms with Crippen molar-refractivity contribution in [2.45, 2.75) is 57.2 Å². The lowest BCUT2D eigenvalue weighted by atomic mass is 9.82. The molecule has 0 saturated carbocycles. The first-order valence-electron chi connectivity index (χ1n) is 8.50. The third-order valence-corrected chi connectivity index (χ3v) is 4.38. The Hall–Kier alpha value is -1.65. The van der Waals surface area contributed by atoms with E-state index < -0.39 is 30.0 Å². The molecule has 0 radical (unpaired) electrons. The highest BCUT2D eigenvalue weighted by Gasteiger charge is 2.39. The number of carbonyl (C=O) groups is 1. The van der Waals surface area contributed by atoms with Gasteiger partial charge in [-0.15, -0.1) is 0 Å². The van der Waals surface area contributed by atoms with Crippen LogP contribution in [0.5, 0.6) is 0 Å². The highest BCUT2D eigenvalue weighted by atomic mass is 19.1. The van der Waals surface area contributed by atoms with E-state index in [9.17, 15) is 9.18 Å². The molecule has 1 aliphatic rings. The molecule has 134 valence electrons. The van der Waals surface area contributed by atoms with E-state index in [-0.39, 0.29) is 19.3 Å². The van der Waals surface area contributed by atoms with Gasteiger partial charge in [0.25, 0.3) is 0 Å². The van der Waals surface area contributed by atoms with Crippen LogP contribution >= 0.6 is 0 Å². The van der Waals surface area contributed by atoms with Crippen LogP contribution in [0.15, 0.2) is 30.3 Å². The molecular weight excluding hydrogens is 312 g/mol. The Balaban J connectivity index is 1.93. The quantitative estimate of drug-likeness (QED) is 0.783. The van der Waals surface area contributed by atoms with Crippen molar-refractivity contribution in [3.05, 3.63) is 35.9 Å². The third-order valence-electron chi connectivity index (χ3n) is 4.38. The number of hydrogen-bond acceptors (Lipinski definition) is 2. The summed E-state index contributed by atoms with van der Waals surface area (Å²) in [5, 5.41) is 0. The van der Waals surface area contributed by atoms with Crippen molar-refractivity contribution in [3.8, 4) is 0 Å². The molecule has 1 fully saturated rings. The number of rotatable bonds is 4. The number of hydrogen-bond donors (Lipinski definition) is 0. The van der Waals surface area contributed by atoms with E-state index in [1.165, 1.54) is 4.90 Å². The summed E-state index contributed by atoms with van der Waals surface area (Å²) in [5.41, 5.74) is -1.18. The second-order valence-electron chi connectivity index (χ2n) is 7.58. The molecule has 1 heterocycles. The zero-order valence-electron chi connectivity index (χ0n) is 14.7. The predicted molar refractivity (Wildman–Crippen MR) is 90.7 cm³/mol. The summed E-state index contributed by atoms with van der Waals surface area (Å²) >= 11 is 0. The number of likely N-dealkylation sites (tertiary alicyclic amines) is 1. The van der Waals surface area contributed by atoms with Crippen LogP contribution in [0.1, 0.15) is 51.5 Å². The minimum absolute atomic E-state index is 0.148. The molecule has 0 aromatic heterocycles. The molecule has 0 bridgehead atoms. The average Bonchev–Trinajstić information content (AvgIpc) is 2.52. The molecule has 1 aromatic rings. The fourth-order valence-corrected chi connectivity index (χ4v) is 3.05. The molecule has 1 aromatic carbocycles. The van der Waals surface area contributed by atoms with Crippen molar-refractivity contribution in [3.63, 3.8) is 0 Å². The minimum atomic E-state index is -1.44. The Morgan fingerprint density at radius 1 is 1.25 bits per heavy atom. The van der Waals surface area contributed by atoms with E-state index in [2.05, 4.69) is 0 Å². The number of carbonyl (C=O) groups excluding carboxylic acids is 1. The Morgan fingerprint density at radius 3 is 2.33 bits per heavy atom. The Labute approximate surface area is 143 Å². The van der Waals surface area contributed by atoms with Crippen molar-refractivity contribution >= 4 is 6.09 Å². The molecule has 24 heavy (non-hydrogen) atoms. The van der Waals surface area contributed by atoms with Gasteiger partial charge in [-0.25, -0.2) is 9.18 Å². The smallest absolute Gasteiger partial charge is 0.410 e. The van der Waals surface area contributed by atoms with Gasteiger partial charge in [0.05, 0.1) is 6.67 Å². The van der Waals surface area contributed by atoms with Crippen LogP contribution in [0.3, 0.4) is 0 Å². The summed E-state index contributed by atoms with van der Waals surface area (Å²) in [5.74, 6) is -0.440. The molecule has 1 unspecified atom stereocenters. The fourth-order valence-electron chi connectivity index (χ4n) is 3.05. The third kappa shape index (κ3) is 5.18. The van der Waals surface area contributed by atoms with Gasteiger partial charge in [-0.2, -0.15) is 0 Å². The second kappa shape index (κ2) is 7.49. The van der Waals surface area contributed by atoms with Gasteiger partial charge in [0.2, 0.25) is 0 Å². The van der Waals surface area contributed by atoms with Crippen LogP contribution < -0.4 is 0 Å². The highest BCUT2D eigenvalue weighted by molar-refractivity contribution is 5.68. The van der Waals surface area contributed by atoms with Crippen LogP contribution in [0.25, 0.3) is 0 Å². The summed E-state index contributed by atoms with van der Waals surface area (Å²) in [6.45, 7) is 5.45. The van der Waals surface area contributed by atoms with Gasteiger partial charge in [0.1, 0.15) is 11.3 Å². The molecule has 0 N–H and O–H groups in total. The molecule has 1 aliphatic heterocycles. The van der Waals surface area contributed by atoms with Crippen LogP contribution in [-0.2, 0) is 4.74 Å². The molecule has 1 amide bonds. The van der Waals surface area contributed by atoms with Crippen LogP contribution in [0, 0.1) is 0 Å². The van der Waals surface area contributed by atoms with E-state index in [0.29, 0.717) is 13.1 Å². The fraction of sp³-hybridized carbons (Fsp3) is 0.632. The van der Waals surface area contributed by atoms with E-state index in [0.717, 1.165) is 5.56 Å². The molecule has 5 heteroatoms. The van der Waals surface area contributed by atoms with Crippen molar-refractivity contribution in [1.29, 1.82) is 0 Å². The normalized spacial score (nSPS) is 19.0. The van der Waals surface area contributed by atoms with Gasteiger partial charge in [0, 0.05) is 19.0 Å². The monoisotopic (exact) mass is 339 g/mol. The first kappa shape index (κ1) is 18.7. The van der Waals surface area contributed by atoms with E-state index in [4.69, 9.17) is 4.74 Å². The maximum atomic E-state index is 15.1. The van der Waals surface area contributed by atoms with Gasteiger partial charge in [-0.05, 0) is 45.6 Å². The number of ether oxygens (including phenoxy) is 1. The maximum absolute atomic E-state index is 15.1. The SMILES string of the molecule is CC(C)(C)OC(=O)N1CCC(F)(CC(CF)c2ccccc2)CC1. The summed E-state index contributed by atoms with van der Waals surface area (Å²) < 4.78 is 33.9. The van der Waals surface area contributed by atoms with Gasteiger partial charge < -0.3 is 9.64 Å². The van der Waals surface area contributed by atoms with Gasteiger partial charge in [-0.1, -0.05) is 30.3 Å². The van der Waals surface area contributed by atoms with Crippen molar-refractivity contribution < 1.29 is 18.3 Å². The van der Waals surface area contributed by atoms with E-state index >= 15 is 4.39 Å². The number of halogens is 2. The standard InChI is InChI=1S/C19H27F2NO2/c1-18(2,3)24-17(23)22-11-9-19(21,10-12-22)13-16(14-20)15-7-5-4-6-8-15/h4-8,16H,9-14H2,1-3H3. The lowest BCUT2D eigenvalue weighted by Gasteiger charge is -2.38. The molecule has 0 spiro atoms. The van der Waals surface area contributed by atoms with E-state index in [1.807, 2.05) is 30.3 Å². The lowest BCUT2D eigenvalue weighted by molar-refractivity contribution is -0.000673. The Morgan fingerprint density at radius 2 is 1.83 bits per heavy atom. The zero-order valence-corrected chi connectivity index (χ0v) is 14.7. The van der Waals surface area contributed by atoms with Crippen molar-refractivity contribution in [1.82, 2.24) is 4.90 Å². The minimum Gasteiger partial charge on any atom is -0.444 e. The average molecular weight is 339 g/mol. The Kier molecular flexibility index (Phi) is 5.83. The summed E-state index contributed by atoms with van der Waals surface area (Å²) in [6, 6.07) is 9.22. The molecule has 3 nitrogen and oxygen atoms in total. The maximum Gasteiger partial charge on any atom is 0.410 e. The first-order valence-corrected chi connectivity index (χ1v) is 8.50. The molecular formula is C19H27F2NO2. The molecule has 1 atom stereocenters. The number of piperidine rings is 1. The van der Waals surface area contributed by atoms with Crippen LogP contribution in [-0.4, -0.2) is 42.0 Å². The lowest BCUT2D eigenvalue weighted by Crippen LogP contribution is -2.46. The summed E-state index contributed by atoms with van der Waals surface area (Å²) in [6.07, 6.45) is 0.176. The second-order valence-corrected chi connectivity index (χ2v) is 7.58. The number of nitrogens with zero attached hydrogens (tertiary/aromatic N) is 1. The van der Waals surface area contributed by atoms with Gasteiger partial charge >= 0.3 is 6.09 Å². The van der Waals surface area contributed by atoms with Crippen molar-refractivity contribution in [2.24, 2.45) is 0 Å². The highest BCUT2D eigenvalue weighted by Crippen LogP contribution is 2.37. The van der Waals surface area contributed by atoms with Crippen LogP contribution in [0.4, 0.5) is 13.6 Å². The Bertz CT molecular complexity index is 534. The summed E-state index contributed by atoms with van der Waals surface area (Å²) in [4.78, 5) is 13.6. The van der Waals surface area contributed by atoms with Gasteiger partial charge in [-0.3, -0.25) is 4.39 Å². The van der Waals surface area contributed by atoms with Crippen molar-refractivity contribution in [2.75, 3.05) is 19.8 Å². The zero-order chi connectivity index (χ0) is 17.8. The largest absolute Gasteiger partial charge is 0.444 e. The van der Waals surface area contributed by atoms with E-state index in [1.54, 1.807) is 20.8 Å². The number of amides is 1. The molecule has 1 saturated heterocycles. The predicted octanol–water partition coefficient (Wildman–Crippen LogP) is 4.87. The number of alkyl halides is 2. The molecule has 2 rings (SSSR count). The topological polar surface area (TPSA) is 29.5 Å². The van der Waals surface area contributed by atoms with Crippen LogP contribution in [0.2, 0.25) is 0 Å². The summed E-state index contributed by atoms with van der Waals surface area (Å²) in [7, 11) is 0.